The third kappa shape index (κ3) is 4.46. The minimum atomic E-state index is 0.249. The summed E-state index contributed by atoms with van der Waals surface area (Å²) in [5.74, 6) is 0. The van der Waals surface area contributed by atoms with Crippen LogP contribution in [0.3, 0.4) is 0 Å². The summed E-state index contributed by atoms with van der Waals surface area (Å²) in [7, 11) is 0. The molecule has 2 aromatic rings. The number of hydrogen-bond acceptors (Lipinski definition) is 1. The van der Waals surface area contributed by atoms with Crippen molar-refractivity contribution in [2.45, 2.75) is 32.4 Å². The van der Waals surface area contributed by atoms with Gasteiger partial charge in [0.2, 0.25) is 0 Å². The predicted molar refractivity (Wildman–Crippen MR) is 95.2 cm³/mol. The molecule has 0 aliphatic heterocycles. The minimum absolute atomic E-state index is 0.249. The van der Waals surface area contributed by atoms with Gasteiger partial charge < -0.3 is 5.32 Å². The van der Waals surface area contributed by atoms with Gasteiger partial charge in [-0.25, -0.2) is 0 Å². The molecule has 0 radical (unpaired) electrons. The molecule has 2 atom stereocenters. The second-order valence-electron chi connectivity index (χ2n) is 5.07. The Hall–Kier alpha value is -0.540. The fraction of sp³-hybridized carbons (Fsp3) is 0.294. The first-order chi connectivity index (χ1) is 10.0. The molecule has 0 heterocycles. The molecule has 112 valence electrons. The fourth-order valence-electron chi connectivity index (χ4n) is 2.33. The van der Waals surface area contributed by atoms with Gasteiger partial charge in [-0.05, 0) is 48.7 Å². The van der Waals surface area contributed by atoms with E-state index in [0.29, 0.717) is 10.0 Å². The fourth-order valence-corrected chi connectivity index (χ4v) is 2.90. The standard InChI is InChI=1S/C17H18BrCl2N/c1-3-17(13-6-9-15(19)16(20)10-13)21-11(2)12-4-7-14(18)8-5-12/h4-11,17,21H,3H2,1-2H3/t11-,17?/m1/s1. The Morgan fingerprint density at radius 1 is 1.00 bits per heavy atom. The SMILES string of the molecule is CCC(N[C@H](C)c1ccc(Br)cc1)c1ccc(Cl)c(Cl)c1. The lowest BCUT2D eigenvalue weighted by Crippen LogP contribution is -2.24. The van der Waals surface area contributed by atoms with Crippen molar-refractivity contribution in [2.24, 2.45) is 0 Å². The normalized spacial score (nSPS) is 14.0. The summed E-state index contributed by atoms with van der Waals surface area (Å²) in [5.41, 5.74) is 2.42. The Bertz CT molecular complexity index is 598. The van der Waals surface area contributed by atoms with Crippen LogP contribution in [0.4, 0.5) is 0 Å². The van der Waals surface area contributed by atoms with Crippen molar-refractivity contribution in [3.8, 4) is 0 Å². The van der Waals surface area contributed by atoms with Crippen LogP contribution in [0.2, 0.25) is 10.0 Å². The summed E-state index contributed by atoms with van der Waals surface area (Å²) < 4.78 is 1.09. The molecule has 0 fully saturated rings. The van der Waals surface area contributed by atoms with Crippen molar-refractivity contribution in [3.63, 3.8) is 0 Å². The van der Waals surface area contributed by atoms with Gasteiger partial charge in [-0.3, -0.25) is 0 Å². The van der Waals surface area contributed by atoms with Crippen LogP contribution in [0.15, 0.2) is 46.9 Å². The van der Waals surface area contributed by atoms with Crippen molar-refractivity contribution in [3.05, 3.63) is 68.1 Å². The highest BCUT2D eigenvalue weighted by Gasteiger charge is 2.14. The molecule has 0 aromatic heterocycles. The molecule has 1 N–H and O–H groups in total. The van der Waals surface area contributed by atoms with E-state index in [-0.39, 0.29) is 12.1 Å². The van der Waals surface area contributed by atoms with Crippen LogP contribution >= 0.6 is 39.1 Å². The topological polar surface area (TPSA) is 12.0 Å². The van der Waals surface area contributed by atoms with Gasteiger partial charge in [-0.15, -0.1) is 0 Å². The zero-order valence-electron chi connectivity index (χ0n) is 12.0. The lowest BCUT2D eigenvalue weighted by Gasteiger charge is -2.23. The smallest absolute Gasteiger partial charge is 0.0595 e. The third-order valence-corrected chi connectivity index (χ3v) is 4.84. The van der Waals surface area contributed by atoms with E-state index in [1.165, 1.54) is 5.56 Å². The van der Waals surface area contributed by atoms with Crippen LogP contribution in [0.25, 0.3) is 0 Å². The zero-order chi connectivity index (χ0) is 15.4. The van der Waals surface area contributed by atoms with Crippen LogP contribution < -0.4 is 5.32 Å². The summed E-state index contributed by atoms with van der Waals surface area (Å²) in [6, 6.07) is 14.7. The second kappa shape index (κ2) is 7.64. The number of halogens is 3. The molecular weight excluding hydrogens is 369 g/mol. The van der Waals surface area contributed by atoms with Crippen molar-refractivity contribution in [1.29, 1.82) is 0 Å². The van der Waals surface area contributed by atoms with E-state index >= 15 is 0 Å². The Balaban J connectivity index is 2.14. The molecule has 4 heteroatoms. The first-order valence-corrected chi connectivity index (χ1v) is 8.52. The summed E-state index contributed by atoms with van der Waals surface area (Å²) >= 11 is 15.6. The first-order valence-electron chi connectivity index (χ1n) is 6.97. The quantitative estimate of drug-likeness (QED) is 0.613. The maximum atomic E-state index is 6.12. The zero-order valence-corrected chi connectivity index (χ0v) is 15.1. The van der Waals surface area contributed by atoms with Gasteiger partial charge in [0.25, 0.3) is 0 Å². The molecule has 0 bridgehead atoms. The number of rotatable bonds is 5. The molecule has 21 heavy (non-hydrogen) atoms. The van der Waals surface area contributed by atoms with Crippen molar-refractivity contribution in [2.75, 3.05) is 0 Å². The molecule has 2 aromatic carbocycles. The van der Waals surface area contributed by atoms with E-state index in [1.807, 2.05) is 18.2 Å². The molecule has 1 nitrogen and oxygen atoms in total. The van der Waals surface area contributed by atoms with Crippen LogP contribution in [0.1, 0.15) is 43.5 Å². The monoisotopic (exact) mass is 385 g/mol. The highest BCUT2D eigenvalue weighted by atomic mass is 79.9. The van der Waals surface area contributed by atoms with Crippen LogP contribution in [0.5, 0.6) is 0 Å². The second-order valence-corrected chi connectivity index (χ2v) is 6.80. The van der Waals surface area contributed by atoms with E-state index < -0.39 is 0 Å². The molecule has 0 amide bonds. The van der Waals surface area contributed by atoms with Gasteiger partial charge in [0.15, 0.2) is 0 Å². The van der Waals surface area contributed by atoms with E-state index in [2.05, 4.69) is 59.4 Å². The van der Waals surface area contributed by atoms with Crippen LogP contribution in [-0.4, -0.2) is 0 Å². The van der Waals surface area contributed by atoms with Crippen LogP contribution in [0, 0.1) is 0 Å². The lowest BCUT2D eigenvalue weighted by molar-refractivity contribution is 0.456. The molecule has 2 rings (SSSR count). The van der Waals surface area contributed by atoms with E-state index in [4.69, 9.17) is 23.2 Å². The molecule has 0 aliphatic carbocycles. The maximum absolute atomic E-state index is 6.12. The molecule has 0 saturated carbocycles. The van der Waals surface area contributed by atoms with Gasteiger partial charge in [0.05, 0.1) is 10.0 Å². The Kier molecular flexibility index (Phi) is 6.12. The Morgan fingerprint density at radius 3 is 2.19 bits per heavy atom. The van der Waals surface area contributed by atoms with E-state index in [1.54, 1.807) is 0 Å². The van der Waals surface area contributed by atoms with Gasteiger partial charge >= 0.3 is 0 Å². The van der Waals surface area contributed by atoms with Crippen LogP contribution in [-0.2, 0) is 0 Å². The lowest BCUT2D eigenvalue weighted by atomic mass is 10.0. The van der Waals surface area contributed by atoms with Gasteiger partial charge in [0, 0.05) is 16.6 Å². The van der Waals surface area contributed by atoms with Gasteiger partial charge in [-0.1, -0.05) is 64.3 Å². The summed E-state index contributed by atoms with van der Waals surface area (Å²) in [6.07, 6.45) is 0.985. The highest BCUT2D eigenvalue weighted by Crippen LogP contribution is 2.28. The average molecular weight is 387 g/mol. The predicted octanol–water partition coefficient (Wildman–Crippen LogP) is 6.56. The number of benzene rings is 2. The molecule has 0 saturated heterocycles. The van der Waals surface area contributed by atoms with Gasteiger partial charge in [0.1, 0.15) is 0 Å². The maximum Gasteiger partial charge on any atom is 0.0595 e. The van der Waals surface area contributed by atoms with Gasteiger partial charge in [-0.2, -0.15) is 0 Å². The van der Waals surface area contributed by atoms with E-state index in [9.17, 15) is 0 Å². The Labute approximate surface area is 144 Å². The molecule has 0 aliphatic rings. The third-order valence-electron chi connectivity index (χ3n) is 3.58. The molecule has 1 unspecified atom stereocenters. The molecule has 0 spiro atoms. The van der Waals surface area contributed by atoms with Crippen molar-refractivity contribution < 1.29 is 0 Å². The molecular formula is C17H18BrCl2N. The summed E-state index contributed by atoms with van der Waals surface area (Å²) in [5, 5.41) is 4.84. The number of hydrogen-bond donors (Lipinski definition) is 1. The highest BCUT2D eigenvalue weighted by molar-refractivity contribution is 9.10. The first kappa shape index (κ1) is 16.8. The Morgan fingerprint density at radius 2 is 1.62 bits per heavy atom. The summed E-state index contributed by atoms with van der Waals surface area (Å²) in [6.45, 7) is 4.33. The number of nitrogens with one attached hydrogen (secondary N) is 1. The average Bonchev–Trinajstić information content (AvgIpc) is 2.48. The minimum Gasteiger partial charge on any atom is -0.303 e. The largest absolute Gasteiger partial charge is 0.303 e. The van der Waals surface area contributed by atoms with E-state index in [0.717, 1.165) is 16.5 Å². The summed E-state index contributed by atoms with van der Waals surface area (Å²) in [4.78, 5) is 0. The van der Waals surface area contributed by atoms with Crippen molar-refractivity contribution in [1.82, 2.24) is 5.32 Å². The van der Waals surface area contributed by atoms with Crippen molar-refractivity contribution >= 4 is 39.1 Å².